The van der Waals surface area contributed by atoms with E-state index in [1.807, 2.05) is 24.3 Å². The van der Waals surface area contributed by atoms with Gasteiger partial charge in [0.15, 0.2) is 0 Å². The van der Waals surface area contributed by atoms with Crippen molar-refractivity contribution in [1.29, 1.82) is 0 Å². The first-order valence-electron chi connectivity index (χ1n) is 3.81. The molecule has 0 aliphatic rings. The molecule has 1 amide bonds. The number of hydrogen-bond donors (Lipinski definition) is 0. The van der Waals surface area contributed by atoms with E-state index in [4.69, 9.17) is 0 Å². The minimum atomic E-state index is -0.0954. The van der Waals surface area contributed by atoms with Crippen molar-refractivity contribution in [3.8, 4) is 0 Å². The van der Waals surface area contributed by atoms with Crippen molar-refractivity contribution in [1.82, 2.24) is 0 Å². The summed E-state index contributed by atoms with van der Waals surface area (Å²) in [6, 6.07) is 7.74. The highest BCUT2D eigenvalue weighted by atomic mass is 127. The minimum absolute atomic E-state index is 0.0954. The van der Waals surface area contributed by atoms with Crippen molar-refractivity contribution in [2.24, 2.45) is 0 Å². The van der Waals surface area contributed by atoms with Crippen LogP contribution >= 0.6 is 22.6 Å². The molecule has 1 aromatic carbocycles. The molecular formula is C10H10INO. The van der Waals surface area contributed by atoms with Gasteiger partial charge < -0.3 is 4.90 Å². The summed E-state index contributed by atoms with van der Waals surface area (Å²) < 4.78 is 1.11. The Labute approximate surface area is 91.4 Å². The Morgan fingerprint density at radius 1 is 1.62 bits per heavy atom. The number of hydrogen-bond acceptors (Lipinski definition) is 1. The van der Waals surface area contributed by atoms with Crippen LogP contribution in [0, 0.1) is 3.57 Å². The molecule has 0 heterocycles. The molecule has 2 nitrogen and oxygen atoms in total. The van der Waals surface area contributed by atoms with E-state index >= 15 is 0 Å². The zero-order valence-corrected chi connectivity index (χ0v) is 9.48. The first-order valence-corrected chi connectivity index (χ1v) is 4.88. The van der Waals surface area contributed by atoms with Crippen molar-refractivity contribution >= 4 is 34.2 Å². The highest BCUT2D eigenvalue weighted by Gasteiger charge is 2.05. The van der Waals surface area contributed by atoms with Crippen LogP contribution in [0.2, 0.25) is 0 Å². The molecule has 0 unspecified atom stereocenters. The van der Waals surface area contributed by atoms with Gasteiger partial charge in [0.1, 0.15) is 0 Å². The second-order valence-electron chi connectivity index (χ2n) is 2.58. The third-order valence-corrected chi connectivity index (χ3v) is 2.37. The van der Waals surface area contributed by atoms with Gasteiger partial charge in [-0.2, -0.15) is 0 Å². The standard InChI is InChI=1S/C10H10INO/c1-3-10(13)12(2)9-6-4-5-8(11)7-9/h3-7H,1H2,2H3. The molecule has 68 valence electrons. The molecule has 0 spiro atoms. The van der Waals surface area contributed by atoms with E-state index in [9.17, 15) is 4.79 Å². The molecule has 0 saturated heterocycles. The molecule has 3 heteroatoms. The summed E-state index contributed by atoms with van der Waals surface area (Å²) in [5, 5.41) is 0. The highest BCUT2D eigenvalue weighted by Crippen LogP contribution is 2.16. The van der Waals surface area contributed by atoms with Crippen molar-refractivity contribution in [2.75, 3.05) is 11.9 Å². The van der Waals surface area contributed by atoms with Gasteiger partial charge in [-0.25, -0.2) is 0 Å². The number of carbonyl (C=O) groups excluding carboxylic acids is 1. The number of likely N-dealkylation sites (N-methyl/N-ethyl adjacent to an activating group) is 1. The van der Waals surface area contributed by atoms with E-state index in [-0.39, 0.29) is 5.91 Å². The van der Waals surface area contributed by atoms with Gasteiger partial charge >= 0.3 is 0 Å². The maximum atomic E-state index is 11.2. The van der Waals surface area contributed by atoms with Gasteiger partial charge in [0.05, 0.1) is 0 Å². The number of amides is 1. The number of carbonyl (C=O) groups is 1. The van der Waals surface area contributed by atoms with Crippen molar-refractivity contribution < 1.29 is 4.79 Å². The lowest BCUT2D eigenvalue weighted by molar-refractivity contribution is -0.113. The summed E-state index contributed by atoms with van der Waals surface area (Å²) >= 11 is 2.21. The van der Waals surface area contributed by atoms with Crippen LogP contribution in [0.25, 0.3) is 0 Å². The third kappa shape index (κ3) is 2.55. The van der Waals surface area contributed by atoms with Crippen molar-refractivity contribution in [3.63, 3.8) is 0 Å². The fourth-order valence-electron chi connectivity index (χ4n) is 0.949. The van der Waals surface area contributed by atoms with Gasteiger partial charge in [-0.3, -0.25) is 4.79 Å². The average molecular weight is 287 g/mol. The zero-order chi connectivity index (χ0) is 9.84. The van der Waals surface area contributed by atoms with Gasteiger partial charge in [-0.05, 0) is 46.9 Å². The summed E-state index contributed by atoms with van der Waals surface area (Å²) in [4.78, 5) is 12.8. The SMILES string of the molecule is C=CC(=O)N(C)c1cccc(I)c1. The fourth-order valence-corrected chi connectivity index (χ4v) is 1.48. The molecule has 0 N–H and O–H groups in total. The largest absolute Gasteiger partial charge is 0.312 e. The number of nitrogens with zero attached hydrogens (tertiary/aromatic N) is 1. The van der Waals surface area contributed by atoms with Crippen molar-refractivity contribution in [3.05, 3.63) is 40.5 Å². The van der Waals surface area contributed by atoms with Gasteiger partial charge in [0, 0.05) is 16.3 Å². The lowest BCUT2D eigenvalue weighted by atomic mass is 10.3. The predicted octanol–water partition coefficient (Wildman–Crippen LogP) is 2.44. The van der Waals surface area contributed by atoms with Crippen LogP contribution in [-0.2, 0) is 4.79 Å². The Bertz CT molecular complexity index is 335. The van der Waals surface area contributed by atoms with Crippen LogP contribution in [0.4, 0.5) is 5.69 Å². The van der Waals surface area contributed by atoms with Gasteiger partial charge in [-0.15, -0.1) is 0 Å². The van der Waals surface area contributed by atoms with Crippen LogP contribution < -0.4 is 4.90 Å². The van der Waals surface area contributed by atoms with E-state index in [1.54, 1.807) is 11.9 Å². The zero-order valence-electron chi connectivity index (χ0n) is 7.33. The molecule has 0 aliphatic carbocycles. The lowest BCUT2D eigenvalue weighted by Gasteiger charge is -2.14. The maximum absolute atomic E-state index is 11.2. The molecule has 0 aliphatic heterocycles. The van der Waals surface area contributed by atoms with E-state index in [0.717, 1.165) is 9.26 Å². The molecule has 1 aromatic rings. The maximum Gasteiger partial charge on any atom is 0.250 e. The molecule has 1 rings (SSSR count). The minimum Gasteiger partial charge on any atom is -0.312 e. The summed E-state index contributed by atoms with van der Waals surface area (Å²) in [5.41, 5.74) is 0.886. The molecule has 0 saturated carbocycles. The molecular weight excluding hydrogens is 277 g/mol. The van der Waals surface area contributed by atoms with Crippen LogP contribution in [0.5, 0.6) is 0 Å². The van der Waals surface area contributed by atoms with Crippen molar-refractivity contribution in [2.45, 2.75) is 0 Å². The Hall–Kier alpha value is -0.840. The molecule has 13 heavy (non-hydrogen) atoms. The van der Waals surface area contributed by atoms with E-state index in [1.165, 1.54) is 6.08 Å². The monoisotopic (exact) mass is 287 g/mol. The number of rotatable bonds is 2. The Morgan fingerprint density at radius 2 is 2.31 bits per heavy atom. The summed E-state index contributed by atoms with van der Waals surface area (Å²) in [7, 11) is 1.73. The predicted molar refractivity (Wildman–Crippen MR) is 62.8 cm³/mol. The Kier molecular flexibility index (Phi) is 3.48. The molecule has 0 fully saturated rings. The Morgan fingerprint density at radius 3 is 2.85 bits per heavy atom. The molecule has 0 atom stereocenters. The second-order valence-corrected chi connectivity index (χ2v) is 3.83. The third-order valence-electron chi connectivity index (χ3n) is 1.70. The number of benzene rings is 1. The van der Waals surface area contributed by atoms with E-state index in [2.05, 4.69) is 29.2 Å². The molecule has 0 aromatic heterocycles. The average Bonchev–Trinajstić information content (AvgIpc) is 2.15. The Balaban J connectivity index is 2.94. The van der Waals surface area contributed by atoms with Gasteiger partial charge in [0.25, 0.3) is 0 Å². The quantitative estimate of drug-likeness (QED) is 0.604. The first-order chi connectivity index (χ1) is 6.15. The van der Waals surface area contributed by atoms with Crippen LogP contribution in [0.3, 0.4) is 0 Å². The fraction of sp³-hybridized carbons (Fsp3) is 0.100. The van der Waals surface area contributed by atoms with E-state index in [0.29, 0.717) is 0 Å². The van der Waals surface area contributed by atoms with Crippen LogP contribution in [0.15, 0.2) is 36.9 Å². The highest BCUT2D eigenvalue weighted by molar-refractivity contribution is 14.1. The summed E-state index contributed by atoms with van der Waals surface area (Å²) in [5.74, 6) is -0.0954. The molecule has 0 bridgehead atoms. The lowest BCUT2D eigenvalue weighted by Crippen LogP contribution is -2.23. The first kappa shape index (κ1) is 10.2. The smallest absolute Gasteiger partial charge is 0.250 e. The van der Waals surface area contributed by atoms with Gasteiger partial charge in [-0.1, -0.05) is 12.6 Å². The molecule has 0 radical (unpaired) electrons. The topological polar surface area (TPSA) is 20.3 Å². The van der Waals surface area contributed by atoms with E-state index < -0.39 is 0 Å². The van der Waals surface area contributed by atoms with Crippen LogP contribution in [0.1, 0.15) is 0 Å². The van der Waals surface area contributed by atoms with Gasteiger partial charge in [0.2, 0.25) is 5.91 Å². The normalized spacial score (nSPS) is 9.38. The second kappa shape index (κ2) is 4.41. The summed E-state index contributed by atoms with van der Waals surface area (Å²) in [6.45, 7) is 3.44. The number of halogens is 1. The van der Waals surface area contributed by atoms with Crippen LogP contribution in [-0.4, -0.2) is 13.0 Å². The summed E-state index contributed by atoms with van der Waals surface area (Å²) in [6.07, 6.45) is 1.31. The number of anilines is 1.